The maximum atomic E-state index is 9.04. The van der Waals surface area contributed by atoms with Crippen LogP contribution in [0.15, 0.2) is 12.1 Å². The van der Waals surface area contributed by atoms with Crippen LogP contribution < -0.4 is 9.47 Å². The molecule has 1 rings (SSSR count). The number of ether oxygens (including phenoxy) is 2. The van der Waals surface area contributed by atoms with E-state index in [1.54, 1.807) is 20.3 Å². The molecule has 0 atom stereocenters. The molecule has 0 aliphatic carbocycles. The van der Waals surface area contributed by atoms with Crippen molar-refractivity contribution in [1.82, 2.24) is 0 Å². The molecule has 0 heterocycles. The molecular formula is C13H19ClO4. The predicted octanol–water partition coefficient (Wildman–Crippen LogP) is 1.89. The van der Waals surface area contributed by atoms with Crippen LogP contribution in [-0.2, 0) is 6.42 Å². The zero-order valence-corrected chi connectivity index (χ0v) is 11.4. The SMILES string of the molecule is COc1cc(CCC(CO)CO)c(OC)cc1Cl. The number of methoxy groups -OCH3 is 2. The van der Waals surface area contributed by atoms with E-state index in [-0.39, 0.29) is 19.1 Å². The van der Waals surface area contributed by atoms with Crippen LogP contribution in [0, 0.1) is 5.92 Å². The standard InChI is InChI=1S/C13H19ClO4/c1-17-12-6-11(14)13(18-2)5-10(12)4-3-9(7-15)8-16/h5-6,9,15-16H,3-4,7-8H2,1-2H3. The average molecular weight is 275 g/mol. The monoisotopic (exact) mass is 274 g/mol. The summed E-state index contributed by atoms with van der Waals surface area (Å²) < 4.78 is 10.4. The Bertz CT molecular complexity index is 377. The van der Waals surface area contributed by atoms with Crippen molar-refractivity contribution in [2.75, 3.05) is 27.4 Å². The fourth-order valence-corrected chi connectivity index (χ4v) is 1.95. The minimum Gasteiger partial charge on any atom is -0.496 e. The fourth-order valence-electron chi connectivity index (χ4n) is 1.72. The molecule has 18 heavy (non-hydrogen) atoms. The maximum Gasteiger partial charge on any atom is 0.137 e. The molecule has 5 heteroatoms. The summed E-state index contributed by atoms with van der Waals surface area (Å²) in [5.74, 6) is 1.17. The molecule has 4 nitrogen and oxygen atoms in total. The van der Waals surface area contributed by atoms with Crippen LogP contribution in [0.3, 0.4) is 0 Å². The summed E-state index contributed by atoms with van der Waals surface area (Å²) in [5, 5.41) is 18.6. The molecule has 0 radical (unpaired) electrons. The minimum absolute atomic E-state index is 0.0243. The Labute approximate surface area is 112 Å². The highest BCUT2D eigenvalue weighted by Gasteiger charge is 2.12. The molecular weight excluding hydrogens is 256 g/mol. The van der Waals surface area contributed by atoms with Gasteiger partial charge in [-0.1, -0.05) is 11.6 Å². The molecule has 0 fully saturated rings. The number of aliphatic hydroxyl groups excluding tert-OH is 2. The lowest BCUT2D eigenvalue weighted by Crippen LogP contribution is -2.12. The van der Waals surface area contributed by atoms with E-state index in [0.29, 0.717) is 29.4 Å². The zero-order valence-electron chi connectivity index (χ0n) is 10.6. The second-order valence-corrected chi connectivity index (χ2v) is 4.48. The van der Waals surface area contributed by atoms with Gasteiger partial charge in [0.05, 0.1) is 19.2 Å². The van der Waals surface area contributed by atoms with E-state index >= 15 is 0 Å². The van der Waals surface area contributed by atoms with Gasteiger partial charge >= 0.3 is 0 Å². The van der Waals surface area contributed by atoms with Crippen LogP contribution in [-0.4, -0.2) is 37.6 Å². The second-order valence-electron chi connectivity index (χ2n) is 4.07. The molecule has 0 aliphatic rings. The number of hydrogen-bond acceptors (Lipinski definition) is 4. The van der Waals surface area contributed by atoms with E-state index in [9.17, 15) is 0 Å². The van der Waals surface area contributed by atoms with E-state index in [1.807, 2.05) is 6.07 Å². The normalized spacial score (nSPS) is 10.8. The van der Waals surface area contributed by atoms with Gasteiger partial charge in [-0.05, 0) is 24.5 Å². The Balaban J connectivity index is 2.85. The van der Waals surface area contributed by atoms with E-state index in [0.717, 1.165) is 5.56 Å². The van der Waals surface area contributed by atoms with E-state index in [4.69, 9.17) is 31.3 Å². The quantitative estimate of drug-likeness (QED) is 0.797. The highest BCUT2D eigenvalue weighted by atomic mass is 35.5. The molecule has 0 bridgehead atoms. The first kappa shape index (κ1) is 15.1. The summed E-state index contributed by atoms with van der Waals surface area (Å²) in [6.07, 6.45) is 1.36. The van der Waals surface area contributed by atoms with Crippen molar-refractivity contribution in [2.24, 2.45) is 5.92 Å². The Morgan fingerprint density at radius 3 is 2.22 bits per heavy atom. The van der Waals surface area contributed by atoms with Gasteiger partial charge in [0, 0.05) is 25.2 Å². The molecule has 0 amide bonds. The Kier molecular flexibility index (Phi) is 6.25. The van der Waals surface area contributed by atoms with Crippen molar-refractivity contribution in [3.63, 3.8) is 0 Å². The van der Waals surface area contributed by atoms with Crippen molar-refractivity contribution in [3.05, 3.63) is 22.7 Å². The van der Waals surface area contributed by atoms with Gasteiger partial charge in [-0.15, -0.1) is 0 Å². The Morgan fingerprint density at radius 1 is 1.11 bits per heavy atom. The van der Waals surface area contributed by atoms with Crippen LogP contribution in [0.5, 0.6) is 11.5 Å². The van der Waals surface area contributed by atoms with Gasteiger partial charge in [-0.2, -0.15) is 0 Å². The van der Waals surface area contributed by atoms with Crippen molar-refractivity contribution in [3.8, 4) is 11.5 Å². The van der Waals surface area contributed by atoms with Gasteiger partial charge in [0.25, 0.3) is 0 Å². The van der Waals surface area contributed by atoms with Gasteiger partial charge in [-0.3, -0.25) is 0 Å². The zero-order chi connectivity index (χ0) is 13.5. The smallest absolute Gasteiger partial charge is 0.137 e. The Morgan fingerprint density at radius 2 is 1.72 bits per heavy atom. The van der Waals surface area contributed by atoms with Crippen molar-refractivity contribution in [1.29, 1.82) is 0 Å². The lowest BCUT2D eigenvalue weighted by Gasteiger charge is -2.14. The third-order valence-electron chi connectivity index (χ3n) is 2.89. The summed E-state index contributed by atoms with van der Waals surface area (Å²) in [4.78, 5) is 0. The van der Waals surface area contributed by atoms with Crippen molar-refractivity contribution in [2.45, 2.75) is 12.8 Å². The summed E-state index contributed by atoms with van der Waals surface area (Å²) in [6.45, 7) is -0.0485. The molecule has 0 saturated carbocycles. The van der Waals surface area contributed by atoms with E-state index in [2.05, 4.69) is 0 Å². The third kappa shape index (κ3) is 3.77. The number of aryl methyl sites for hydroxylation is 1. The highest BCUT2D eigenvalue weighted by molar-refractivity contribution is 6.32. The molecule has 0 saturated heterocycles. The molecule has 0 aliphatic heterocycles. The van der Waals surface area contributed by atoms with Crippen LogP contribution in [0.2, 0.25) is 5.02 Å². The van der Waals surface area contributed by atoms with E-state index < -0.39 is 0 Å². The number of halogens is 1. The highest BCUT2D eigenvalue weighted by Crippen LogP contribution is 2.33. The molecule has 1 aromatic rings. The molecule has 2 N–H and O–H groups in total. The Hall–Kier alpha value is -0.970. The fraction of sp³-hybridized carbons (Fsp3) is 0.538. The molecule has 102 valence electrons. The van der Waals surface area contributed by atoms with Gasteiger partial charge in [0.15, 0.2) is 0 Å². The number of benzene rings is 1. The first-order chi connectivity index (χ1) is 8.65. The lowest BCUT2D eigenvalue weighted by molar-refractivity contribution is 0.144. The first-order valence-electron chi connectivity index (χ1n) is 5.78. The molecule has 1 aromatic carbocycles. The van der Waals surface area contributed by atoms with Crippen LogP contribution in [0.25, 0.3) is 0 Å². The average Bonchev–Trinajstić information content (AvgIpc) is 2.40. The van der Waals surface area contributed by atoms with Crippen LogP contribution >= 0.6 is 11.6 Å². The summed E-state index contributed by atoms with van der Waals surface area (Å²) in [6, 6.07) is 3.54. The topological polar surface area (TPSA) is 58.9 Å². The molecule has 0 spiro atoms. The van der Waals surface area contributed by atoms with Gasteiger partial charge < -0.3 is 19.7 Å². The lowest BCUT2D eigenvalue weighted by atomic mass is 10.00. The van der Waals surface area contributed by atoms with Crippen molar-refractivity contribution >= 4 is 11.6 Å². The van der Waals surface area contributed by atoms with Crippen molar-refractivity contribution < 1.29 is 19.7 Å². The second kappa shape index (κ2) is 7.46. The van der Waals surface area contributed by atoms with E-state index in [1.165, 1.54) is 0 Å². The largest absolute Gasteiger partial charge is 0.496 e. The summed E-state index contributed by atoms with van der Waals surface area (Å²) >= 11 is 6.01. The number of hydrogen-bond donors (Lipinski definition) is 2. The minimum atomic E-state index is -0.114. The molecule has 0 unspecified atom stereocenters. The number of rotatable bonds is 7. The maximum absolute atomic E-state index is 9.04. The molecule has 0 aromatic heterocycles. The third-order valence-corrected chi connectivity index (χ3v) is 3.19. The van der Waals surface area contributed by atoms with Gasteiger partial charge in [-0.25, -0.2) is 0 Å². The first-order valence-corrected chi connectivity index (χ1v) is 6.16. The van der Waals surface area contributed by atoms with Crippen LogP contribution in [0.1, 0.15) is 12.0 Å². The predicted molar refractivity (Wildman–Crippen MR) is 70.5 cm³/mol. The summed E-state index contributed by atoms with van der Waals surface area (Å²) in [7, 11) is 3.14. The number of aliphatic hydroxyl groups is 2. The van der Waals surface area contributed by atoms with Gasteiger partial charge in [0.2, 0.25) is 0 Å². The van der Waals surface area contributed by atoms with Gasteiger partial charge in [0.1, 0.15) is 11.5 Å². The van der Waals surface area contributed by atoms with Crippen LogP contribution in [0.4, 0.5) is 0 Å². The summed E-state index contributed by atoms with van der Waals surface area (Å²) in [5.41, 5.74) is 0.950.